The number of hydrogen-bond donors (Lipinski definition) is 6. The maximum absolute atomic E-state index is 7.12. The molecule has 1 aliphatic rings. The number of rotatable bonds is 6. The summed E-state index contributed by atoms with van der Waals surface area (Å²) in [6, 6.07) is 32.9. The Morgan fingerprint density at radius 2 is 0.707 bits per heavy atom. The summed E-state index contributed by atoms with van der Waals surface area (Å²) < 4.78 is 14.1. The van der Waals surface area contributed by atoms with Crippen molar-refractivity contribution in [3.8, 4) is 56.5 Å². The quantitative estimate of drug-likeness (QED) is 0.0845. The van der Waals surface area contributed by atoms with Crippen LogP contribution in [-0.2, 0) is 0 Å². The summed E-state index contributed by atoms with van der Waals surface area (Å²) in [4.78, 5) is 36.9. The van der Waals surface area contributed by atoms with Crippen LogP contribution in [0.5, 0.6) is 0 Å². The van der Waals surface area contributed by atoms with Crippen LogP contribution in [0.2, 0.25) is 0 Å². The Labute approximate surface area is 678 Å². The molecule has 26 nitrogen and oxygen atoms in total. The van der Waals surface area contributed by atoms with Crippen LogP contribution in [-0.4, -0.2) is 98.4 Å². The number of H-pyrrole nitrogens is 6. The molecule has 17 aromatic rings. The Morgan fingerprint density at radius 1 is 0.362 bits per heavy atom. The third kappa shape index (κ3) is 20.5. The first-order valence-electron chi connectivity index (χ1n) is 37.6. The monoisotopic (exact) mass is 1560 g/mol. The molecule has 0 unspecified atom stereocenters. The summed E-state index contributed by atoms with van der Waals surface area (Å²) in [7, 11) is 0. The Hall–Kier alpha value is -15.2. The molecular formula is C89H90N24O2S. The van der Waals surface area contributed by atoms with Crippen molar-refractivity contribution in [1.29, 1.82) is 0 Å². The zero-order valence-corrected chi connectivity index (χ0v) is 69.0. The van der Waals surface area contributed by atoms with Gasteiger partial charge in [-0.1, -0.05) is 161 Å². The first-order chi connectivity index (χ1) is 56.8. The van der Waals surface area contributed by atoms with E-state index in [1.54, 1.807) is 43.3 Å². The number of aromatic amines is 6. The number of allylic oxidation sites excluding steroid dienone is 1. The molecule has 0 saturated heterocycles. The first-order valence-corrected chi connectivity index (χ1v) is 38.5. The number of oxazole rings is 1. The van der Waals surface area contributed by atoms with E-state index in [4.69, 9.17) is 48.4 Å². The van der Waals surface area contributed by atoms with E-state index >= 15 is 0 Å². The van der Waals surface area contributed by atoms with Gasteiger partial charge in [-0.05, 0) is 123 Å². The predicted molar refractivity (Wildman–Crippen MR) is 471 cm³/mol. The molecule has 0 radical (unpaired) electrons. The topological polar surface area (TPSA) is 301 Å². The van der Waals surface area contributed by atoms with Crippen LogP contribution in [0.1, 0.15) is 122 Å². The summed E-state index contributed by atoms with van der Waals surface area (Å²) in [6.45, 7) is 78.8. The molecule has 6 N–H and O–H groups in total. The van der Waals surface area contributed by atoms with Crippen LogP contribution >= 0.6 is 11.5 Å². The summed E-state index contributed by atoms with van der Waals surface area (Å²) in [5.41, 5.74) is 24.8. The van der Waals surface area contributed by atoms with Gasteiger partial charge in [0.2, 0.25) is 0 Å². The highest BCUT2D eigenvalue weighted by molar-refractivity contribution is 7.04. The van der Waals surface area contributed by atoms with Gasteiger partial charge in [0.05, 0.1) is 109 Å². The van der Waals surface area contributed by atoms with Crippen LogP contribution < -0.4 is 0 Å². The molecule has 0 bridgehead atoms. The van der Waals surface area contributed by atoms with E-state index in [1.165, 1.54) is 24.3 Å². The van der Waals surface area contributed by atoms with Gasteiger partial charge in [-0.3, -0.25) is 35.6 Å². The number of nitrogens with zero attached hydrogens (tertiary/aromatic N) is 18. The molecule has 11 heterocycles. The minimum absolute atomic E-state index is 0.617. The fraction of sp³-hybridized carbons (Fsp3) is 0.213. The first kappa shape index (κ1) is 88.1. The molecule has 0 spiro atoms. The fourth-order valence-electron chi connectivity index (χ4n) is 11.5. The van der Waals surface area contributed by atoms with Gasteiger partial charge in [-0.2, -0.15) is 30.6 Å². The second-order valence-electron chi connectivity index (χ2n) is 23.5. The third-order valence-corrected chi connectivity index (χ3v) is 17.5. The largest absolute Gasteiger partial charge is 0.442 e. The normalized spacial score (nSPS) is 10.3. The van der Waals surface area contributed by atoms with Crippen molar-refractivity contribution in [3.05, 3.63) is 272 Å². The minimum Gasteiger partial charge on any atom is -0.442 e. The van der Waals surface area contributed by atoms with Gasteiger partial charge in [0, 0.05) is 78.6 Å². The maximum Gasteiger partial charge on any atom is 0.192 e. The van der Waals surface area contributed by atoms with E-state index in [9.17, 15) is 0 Å². The van der Waals surface area contributed by atoms with Gasteiger partial charge in [-0.15, -0.1) is 0 Å². The lowest BCUT2D eigenvalue weighted by Gasteiger charge is -2.00. The van der Waals surface area contributed by atoms with Gasteiger partial charge in [-0.25, -0.2) is 48.4 Å². The summed E-state index contributed by atoms with van der Waals surface area (Å²) in [5.74, 6) is 0.617. The molecule has 0 amide bonds. The van der Waals surface area contributed by atoms with Gasteiger partial charge in [0.15, 0.2) is 46.3 Å². The molecule has 116 heavy (non-hydrogen) atoms. The van der Waals surface area contributed by atoms with Crippen molar-refractivity contribution >= 4 is 123 Å². The maximum atomic E-state index is 7.12. The summed E-state index contributed by atoms with van der Waals surface area (Å²) in [6.07, 6.45) is 16.8. The lowest BCUT2D eigenvalue weighted by atomic mass is 10.1. The SMILES string of the molecule is CC.CC.CC.CC.CC.CC.[C-]#[N+]c1cc2[nH]nc(-c3ccccc3)c2cc1C.[C-]#[N+]c1cc2[nH]nc(-c3cncnc3)c2cc1C.[C-]#[N+]c1cc2[nH]nc(-c3cnco3)c2cc1C.[C-]#[N+]c1cc2[nH]nc(-c3cnoc3)c2cc1C.[C-]#[N+]c1cc2[nH]nc(-c3cnsc3)c2cc1C.[C-]#[N+]c1cc2[nH]nc(C3=CCN=C3)c2cc1C. The van der Waals surface area contributed by atoms with E-state index in [0.717, 1.165) is 167 Å². The van der Waals surface area contributed by atoms with Gasteiger partial charge < -0.3 is 8.94 Å². The third-order valence-electron chi connectivity index (χ3n) is 16.9. The number of benzene rings is 7. The van der Waals surface area contributed by atoms with E-state index in [2.05, 4.69) is 120 Å². The standard InChI is InChI=1S/C15H11N3.C13H9N5.C13H10N4.2C12H8N4O.C12H8N4S.6C2H6/c1-10-8-12-14(9-13(10)16-2)17-18-15(12)11-6-4-3-5-7-11;1-8-3-10-12(4-11(8)14-2)17-18-13(10)9-5-15-7-16-6-9;1-8-5-10-12(6-11(8)14-2)16-17-13(10)9-3-4-15-7-9;1-7-3-9-11(4-10(7)13-2)15-16-12(9)8-5-14-17-6-8;1-7-3-8-10(4-9(7)13-2)15-16-12(8)11-5-14-6-17-11;1-7-3-9-11(4-10(7)13-2)15-16-12(9)8-5-14-17-6-8;6*1-2/h3-9H,1H3,(H,17,18);3-7H,1H3,(H,17,18);3,5-7H,4H2,1H3,(H,16,17);3*3-6H,1H3,(H,15,16);6*1-2H3. The zero-order chi connectivity index (χ0) is 84.4. The molecule has 1 aliphatic heterocycles. The second-order valence-corrected chi connectivity index (χ2v) is 24.2. The molecule has 7 aromatic carbocycles. The molecule has 0 aliphatic carbocycles. The molecule has 0 atom stereocenters. The Morgan fingerprint density at radius 3 is 1.03 bits per heavy atom. The van der Waals surface area contributed by atoms with E-state index in [0.29, 0.717) is 39.9 Å². The average Bonchev–Trinajstić information content (AvgIpc) is 1.66. The molecule has 27 heteroatoms. The number of aliphatic imine (C=N–C) groups is 1. The van der Waals surface area contributed by atoms with E-state index < -0.39 is 0 Å². The number of hydrogen-bond acceptors (Lipinski definition) is 15. The predicted octanol–water partition coefficient (Wildman–Crippen LogP) is 25.7. The van der Waals surface area contributed by atoms with Crippen molar-refractivity contribution in [1.82, 2.24) is 85.7 Å². The fourth-order valence-corrected chi connectivity index (χ4v) is 12.0. The molecular weight excluding hydrogens is 1470 g/mol. The highest BCUT2D eigenvalue weighted by Gasteiger charge is 2.18. The average molecular weight is 1560 g/mol. The smallest absolute Gasteiger partial charge is 0.192 e. The number of nitrogens with one attached hydrogen (secondary N) is 6. The lowest BCUT2D eigenvalue weighted by molar-refractivity contribution is 0.420. The van der Waals surface area contributed by atoms with Crippen LogP contribution in [0.15, 0.2) is 178 Å². The lowest BCUT2D eigenvalue weighted by Crippen LogP contribution is -1.84. The second kappa shape index (κ2) is 44.0. The Kier molecular flexibility index (Phi) is 33.4. The highest BCUT2D eigenvalue weighted by Crippen LogP contribution is 2.38. The van der Waals surface area contributed by atoms with Crippen molar-refractivity contribution in [2.75, 3.05) is 6.54 Å². The van der Waals surface area contributed by atoms with Crippen LogP contribution in [0.4, 0.5) is 34.1 Å². The van der Waals surface area contributed by atoms with Crippen molar-refractivity contribution < 1.29 is 8.94 Å². The summed E-state index contributed by atoms with van der Waals surface area (Å²) >= 11 is 1.41. The zero-order valence-electron chi connectivity index (χ0n) is 68.1. The van der Waals surface area contributed by atoms with Gasteiger partial charge >= 0.3 is 0 Å². The van der Waals surface area contributed by atoms with Crippen LogP contribution in [0.3, 0.4) is 0 Å². The van der Waals surface area contributed by atoms with Gasteiger partial charge in [0.25, 0.3) is 0 Å². The molecule has 18 rings (SSSR count). The van der Waals surface area contributed by atoms with Crippen LogP contribution in [0.25, 0.3) is 157 Å². The van der Waals surface area contributed by atoms with Crippen molar-refractivity contribution in [2.24, 2.45) is 4.99 Å². The molecule has 0 fully saturated rings. The van der Waals surface area contributed by atoms with Crippen molar-refractivity contribution in [2.45, 2.75) is 125 Å². The van der Waals surface area contributed by atoms with Crippen LogP contribution in [0, 0.1) is 81.0 Å². The number of aromatic nitrogens is 17. The Bertz CT molecular complexity index is 5930. The van der Waals surface area contributed by atoms with E-state index in [-0.39, 0.29) is 0 Å². The summed E-state index contributed by atoms with van der Waals surface area (Å²) in [5, 5.41) is 55.0. The highest BCUT2D eigenvalue weighted by atomic mass is 32.1. The molecule has 10 aromatic heterocycles. The number of aryl methyl sites for hydroxylation is 6. The molecule has 584 valence electrons. The Balaban J connectivity index is 0.000000187. The number of fused-ring (bicyclic) bond motifs is 6. The van der Waals surface area contributed by atoms with Crippen molar-refractivity contribution in [3.63, 3.8) is 0 Å². The minimum atomic E-state index is 0.617. The van der Waals surface area contributed by atoms with Gasteiger partial charge in [0.1, 0.15) is 41.1 Å². The molecule has 0 saturated carbocycles. The van der Waals surface area contributed by atoms with E-state index in [1.807, 2.05) is 239 Å².